The lowest BCUT2D eigenvalue weighted by atomic mass is 9.79. The van der Waals surface area contributed by atoms with E-state index in [2.05, 4.69) is 15.9 Å². The van der Waals surface area contributed by atoms with Gasteiger partial charge in [0.05, 0.1) is 11.5 Å². The van der Waals surface area contributed by atoms with Gasteiger partial charge in [-0.2, -0.15) is 0 Å². The summed E-state index contributed by atoms with van der Waals surface area (Å²) >= 11 is 3.43. The molecular weight excluding hydrogens is 236 g/mol. The first kappa shape index (κ1) is 9.46. The summed E-state index contributed by atoms with van der Waals surface area (Å²) in [5.41, 5.74) is -0.462. The predicted octanol–water partition coefficient (Wildman–Crippen LogP) is 1.08. The van der Waals surface area contributed by atoms with Crippen molar-refractivity contribution in [2.24, 2.45) is 11.3 Å². The number of aliphatic hydroxyl groups is 1. The monoisotopic (exact) mass is 248 g/mol. The van der Waals surface area contributed by atoms with Crippen LogP contribution in [-0.4, -0.2) is 28.1 Å². The van der Waals surface area contributed by atoms with Crippen molar-refractivity contribution in [3.8, 4) is 0 Å². The smallest absolute Gasteiger partial charge is 0.312 e. The van der Waals surface area contributed by atoms with E-state index < -0.39 is 5.41 Å². The number of fused-ring (bicyclic) bond motifs is 1. The van der Waals surface area contributed by atoms with Crippen LogP contribution in [0.25, 0.3) is 0 Å². The van der Waals surface area contributed by atoms with E-state index in [4.69, 9.17) is 4.74 Å². The van der Waals surface area contributed by atoms with Crippen molar-refractivity contribution in [3.05, 3.63) is 0 Å². The van der Waals surface area contributed by atoms with E-state index in [1.54, 1.807) is 0 Å². The Bertz CT molecular complexity index is 251. The van der Waals surface area contributed by atoms with Crippen LogP contribution in [0.15, 0.2) is 0 Å². The lowest BCUT2D eigenvalue weighted by molar-refractivity contribution is -0.148. The molecule has 0 amide bonds. The molecule has 1 aliphatic heterocycles. The van der Waals surface area contributed by atoms with Gasteiger partial charge in [-0.3, -0.25) is 4.79 Å². The summed E-state index contributed by atoms with van der Waals surface area (Å²) in [7, 11) is 0. The molecule has 0 aromatic carbocycles. The Kier molecular flexibility index (Phi) is 1.97. The molecule has 2 rings (SSSR count). The number of halogens is 1. The molecule has 0 aromatic heterocycles. The molecule has 74 valence electrons. The number of aliphatic hydroxyl groups excluding tert-OH is 1. The van der Waals surface area contributed by atoms with E-state index in [9.17, 15) is 9.90 Å². The standard InChI is InChI=1S/C9H13BrO3/c1-9(2)6-5(13-8(9)12)3-4(11)7(6)10/h4-7,11H,3H2,1-2H3/t4-,5-,6-,7+/m1/s1. The fourth-order valence-electron chi connectivity index (χ4n) is 2.37. The highest BCUT2D eigenvalue weighted by Gasteiger charge is 2.59. The molecule has 1 N–H and O–H groups in total. The molecule has 2 aliphatic rings. The van der Waals surface area contributed by atoms with Crippen molar-refractivity contribution in [3.63, 3.8) is 0 Å². The number of hydrogen-bond acceptors (Lipinski definition) is 3. The largest absolute Gasteiger partial charge is 0.461 e. The van der Waals surface area contributed by atoms with Gasteiger partial charge in [0.15, 0.2) is 0 Å². The summed E-state index contributed by atoms with van der Waals surface area (Å²) < 4.78 is 5.21. The van der Waals surface area contributed by atoms with Gasteiger partial charge in [-0.05, 0) is 13.8 Å². The minimum atomic E-state index is -0.462. The topological polar surface area (TPSA) is 46.5 Å². The zero-order valence-corrected chi connectivity index (χ0v) is 9.24. The van der Waals surface area contributed by atoms with E-state index >= 15 is 0 Å². The third-order valence-corrected chi connectivity index (χ3v) is 4.38. The lowest BCUT2D eigenvalue weighted by Crippen LogP contribution is -2.33. The molecule has 1 saturated heterocycles. The first-order chi connectivity index (χ1) is 5.94. The summed E-state index contributed by atoms with van der Waals surface area (Å²) in [5, 5.41) is 9.58. The molecule has 4 atom stereocenters. The fourth-order valence-corrected chi connectivity index (χ4v) is 3.59. The lowest BCUT2D eigenvalue weighted by Gasteiger charge is -2.24. The molecule has 1 aliphatic carbocycles. The quantitative estimate of drug-likeness (QED) is 0.516. The second-order valence-corrected chi connectivity index (χ2v) is 5.50. The molecular formula is C9H13BrO3. The third-order valence-electron chi connectivity index (χ3n) is 3.20. The fraction of sp³-hybridized carbons (Fsp3) is 0.889. The minimum Gasteiger partial charge on any atom is -0.461 e. The predicted molar refractivity (Wildman–Crippen MR) is 50.5 cm³/mol. The maximum atomic E-state index is 11.4. The van der Waals surface area contributed by atoms with E-state index in [0.29, 0.717) is 6.42 Å². The van der Waals surface area contributed by atoms with Crippen molar-refractivity contribution < 1.29 is 14.6 Å². The van der Waals surface area contributed by atoms with Crippen LogP contribution in [0, 0.1) is 11.3 Å². The van der Waals surface area contributed by atoms with Crippen molar-refractivity contribution in [1.29, 1.82) is 0 Å². The molecule has 0 bridgehead atoms. The van der Waals surface area contributed by atoms with Crippen molar-refractivity contribution in [2.75, 3.05) is 0 Å². The van der Waals surface area contributed by atoms with Gasteiger partial charge in [-0.1, -0.05) is 15.9 Å². The maximum absolute atomic E-state index is 11.4. The molecule has 0 unspecified atom stereocenters. The molecule has 4 heteroatoms. The average Bonchev–Trinajstić information content (AvgIpc) is 2.37. The molecule has 1 heterocycles. The Hall–Kier alpha value is -0.0900. The van der Waals surface area contributed by atoms with Crippen molar-refractivity contribution in [1.82, 2.24) is 0 Å². The van der Waals surface area contributed by atoms with Gasteiger partial charge in [0.1, 0.15) is 6.10 Å². The Balaban J connectivity index is 2.30. The molecule has 3 nitrogen and oxygen atoms in total. The first-order valence-corrected chi connectivity index (χ1v) is 5.39. The Labute approximate surface area is 85.6 Å². The number of alkyl halides is 1. The second kappa shape index (κ2) is 2.70. The summed E-state index contributed by atoms with van der Waals surface area (Å²) in [5.74, 6) is -0.0335. The average molecular weight is 249 g/mol. The number of carbonyl (C=O) groups is 1. The van der Waals surface area contributed by atoms with Crippen LogP contribution in [0.4, 0.5) is 0 Å². The Morgan fingerprint density at radius 2 is 2.23 bits per heavy atom. The number of ether oxygens (including phenoxy) is 1. The molecule has 13 heavy (non-hydrogen) atoms. The summed E-state index contributed by atoms with van der Waals surface area (Å²) in [6, 6.07) is 0. The van der Waals surface area contributed by atoms with Gasteiger partial charge >= 0.3 is 5.97 Å². The van der Waals surface area contributed by atoms with E-state index in [0.717, 1.165) is 0 Å². The zero-order valence-electron chi connectivity index (χ0n) is 7.66. The van der Waals surface area contributed by atoms with Gasteiger partial charge in [0, 0.05) is 17.2 Å². The molecule has 0 spiro atoms. The highest BCUT2D eigenvalue weighted by atomic mass is 79.9. The van der Waals surface area contributed by atoms with Crippen LogP contribution < -0.4 is 0 Å². The van der Waals surface area contributed by atoms with Crippen molar-refractivity contribution >= 4 is 21.9 Å². The van der Waals surface area contributed by atoms with E-state index in [1.165, 1.54) is 0 Å². The SMILES string of the molecule is CC1(C)C(=O)O[C@@H]2C[C@@H](O)[C@H](Br)[C@@H]21. The van der Waals surface area contributed by atoms with Crippen molar-refractivity contribution in [2.45, 2.75) is 37.3 Å². The summed E-state index contributed by atoms with van der Waals surface area (Å²) in [4.78, 5) is 11.4. The Morgan fingerprint density at radius 1 is 1.62 bits per heavy atom. The van der Waals surface area contributed by atoms with E-state index in [1.807, 2.05) is 13.8 Å². The number of esters is 1. The van der Waals surface area contributed by atoms with Gasteiger partial charge < -0.3 is 9.84 Å². The number of carbonyl (C=O) groups excluding carboxylic acids is 1. The zero-order chi connectivity index (χ0) is 9.80. The first-order valence-electron chi connectivity index (χ1n) is 4.48. The molecule has 1 saturated carbocycles. The maximum Gasteiger partial charge on any atom is 0.312 e. The van der Waals surface area contributed by atoms with Gasteiger partial charge in [0.2, 0.25) is 0 Å². The molecule has 0 aromatic rings. The van der Waals surface area contributed by atoms with Crippen LogP contribution in [0.2, 0.25) is 0 Å². The highest BCUT2D eigenvalue weighted by molar-refractivity contribution is 9.09. The second-order valence-electron chi connectivity index (χ2n) is 4.44. The molecule has 2 fully saturated rings. The van der Waals surface area contributed by atoms with Crippen LogP contribution in [-0.2, 0) is 9.53 Å². The van der Waals surface area contributed by atoms with Crippen LogP contribution in [0.3, 0.4) is 0 Å². The van der Waals surface area contributed by atoms with E-state index in [-0.39, 0.29) is 28.9 Å². The summed E-state index contributed by atoms with van der Waals surface area (Å²) in [6.07, 6.45) is 0.0831. The van der Waals surface area contributed by atoms with Crippen LogP contribution in [0.5, 0.6) is 0 Å². The number of rotatable bonds is 0. The number of hydrogen-bond donors (Lipinski definition) is 1. The third kappa shape index (κ3) is 1.15. The summed E-state index contributed by atoms with van der Waals surface area (Å²) in [6.45, 7) is 3.76. The minimum absolute atomic E-state index is 0.0149. The van der Waals surface area contributed by atoms with Crippen LogP contribution in [0.1, 0.15) is 20.3 Å². The van der Waals surface area contributed by atoms with Gasteiger partial charge in [-0.15, -0.1) is 0 Å². The van der Waals surface area contributed by atoms with Gasteiger partial charge in [-0.25, -0.2) is 0 Å². The Morgan fingerprint density at radius 3 is 2.77 bits per heavy atom. The molecule has 0 radical (unpaired) electrons. The van der Waals surface area contributed by atoms with Crippen LogP contribution >= 0.6 is 15.9 Å². The van der Waals surface area contributed by atoms with Gasteiger partial charge in [0.25, 0.3) is 0 Å². The normalized spacial score (nSPS) is 47.5. The highest BCUT2D eigenvalue weighted by Crippen LogP contribution is 2.50.